The van der Waals surface area contributed by atoms with E-state index in [9.17, 15) is 19.4 Å². The molecule has 0 fully saturated rings. The number of hydrogen-bond donors (Lipinski definition) is 2. The van der Waals surface area contributed by atoms with Crippen molar-refractivity contribution in [1.29, 1.82) is 0 Å². The molecule has 0 saturated heterocycles. The smallest absolute Gasteiger partial charge is 0.298 e. The summed E-state index contributed by atoms with van der Waals surface area (Å²) in [6.45, 7) is 2.00. The molecule has 0 bridgehead atoms. The van der Waals surface area contributed by atoms with Crippen molar-refractivity contribution in [3.8, 4) is 16.9 Å². The quantitative estimate of drug-likeness (QED) is 0.658. The lowest BCUT2D eigenvalue weighted by atomic mass is 10.0. The van der Waals surface area contributed by atoms with Crippen molar-refractivity contribution >= 4 is 18.2 Å². The van der Waals surface area contributed by atoms with Gasteiger partial charge in [-0.15, -0.1) is 0 Å². The van der Waals surface area contributed by atoms with Gasteiger partial charge in [-0.3, -0.25) is 9.36 Å². The second-order valence-corrected chi connectivity index (χ2v) is 8.01. The van der Waals surface area contributed by atoms with Crippen LogP contribution in [0.4, 0.5) is 0 Å². The van der Waals surface area contributed by atoms with E-state index < -0.39 is 12.9 Å². The molecule has 0 radical (unpaired) electrons. The van der Waals surface area contributed by atoms with Gasteiger partial charge in [-0.1, -0.05) is 67.6 Å². The molecule has 0 saturated carbocycles. The number of phenolic OH excluding ortho intramolecular Hbond substituents is 1. The Morgan fingerprint density at radius 2 is 1.46 bits per heavy atom. The van der Waals surface area contributed by atoms with Crippen LogP contribution in [0.25, 0.3) is 11.1 Å². The molecule has 0 aromatic heterocycles. The Morgan fingerprint density at radius 3 is 2.08 bits per heavy atom. The van der Waals surface area contributed by atoms with Crippen LogP contribution in [0.2, 0.25) is 0 Å². The van der Waals surface area contributed by atoms with Crippen LogP contribution in [0.15, 0.2) is 72.8 Å². The van der Waals surface area contributed by atoms with Gasteiger partial charge in [0.25, 0.3) is 12.9 Å². The Morgan fingerprint density at radius 1 is 0.885 bits per heavy atom. The van der Waals surface area contributed by atoms with Crippen LogP contribution in [0, 0.1) is 0 Å². The zero-order chi connectivity index (χ0) is 18.7. The highest BCUT2D eigenvalue weighted by molar-refractivity contribution is 7.83. The number of phenols is 1. The van der Waals surface area contributed by atoms with Gasteiger partial charge < -0.3 is 10.00 Å². The standard InChI is InChI=1S/C21H19O4P/c1-2-15-11-13-16(14-12-15)21(23)26(24,25)20-10-6-4-8-18(20)17-7-3-5-9-19(17)22/h3-14,22H,2H2,1H3,(H,24,25). The predicted molar refractivity (Wildman–Crippen MR) is 103 cm³/mol. The number of carbonyl (C=O) groups excluding carboxylic acids is 1. The molecule has 0 heterocycles. The van der Waals surface area contributed by atoms with Crippen LogP contribution >= 0.6 is 7.37 Å². The molecule has 0 aliphatic rings. The molecule has 4 nitrogen and oxygen atoms in total. The minimum absolute atomic E-state index is 0.0142. The summed E-state index contributed by atoms with van der Waals surface area (Å²) in [5.41, 5.74) is 1.20. The summed E-state index contributed by atoms with van der Waals surface area (Å²) in [6, 6.07) is 19.6. The first-order valence-corrected chi connectivity index (χ1v) is 9.95. The van der Waals surface area contributed by atoms with E-state index >= 15 is 0 Å². The third kappa shape index (κ3) is 3.34. The maximum atomic E-state index is 13.1. The Labute approximate surface area is 152 Å². The number of benzene rings is 3. The van der Waals surface area contributed by atoms with Gasteiger partial charge in [0.15, 0.2) is 0 Å². The van der Waals surface area contributed by atoms with E-state index in [1.807, 2.05) is 6.92 Å². The van der Waals surface area contributed by atoms with Crippen molar-refractivity contribution < 1.29 is 19.4 Å². The molecule has 3 aromatic rings. The molecule has 1 unspecified atom stereocenters. The monoisotopic (exact) mass is 366 g/mol. The molecule has 0 aliphatic carbocycles. The zero-order valence-corrected chi connectivity index (χ0v) is 15.2. The van der Waals surface area contributed by atoms with Crippen molar-refractivity contribution in [2.24, 2.45) is 0 Å². The number of hydrogen-bond acceptors (Lipinski definition) is 3. The predicted octanol–water partition coefficient (Wildman–Crippen LogP) is 4.36. The first-order chi connectivity index (χ1) is 12.4. The fourth-order valence-electron chi connectivity index (χ4n) is 2.83. The van der Waals surface area contributed by atoms with Gasteiger partial charge in [-0.2, -0.15) is 0 Å². The lowest BCUT2D eigenvalue weighted by Gasteiger charge is -2.16. The number of aromatic hydroxyl groups is 1. The first kappa shape index (κ1) is 18.1. The molecule has 0 aliphatic heterocycles. The van der Waals surface area contributed by atoms with Gasteiger partial charge in [0.2, 0.25) is 0 Å². The van der Waals surface area contributed by atoms with Crippen molar-refractivity contribution in [3.05, 3.63) is 83.9 Å². The highest BCUT2D eigenvalue weighted by Gasteiger charge is 2.34. The molecule has 3 rings (SSSR count). The second-order valence-electron chi connectivity index (χ2n) is 5.97. The lowest BCUT2D eigenvalue weighted by molar-refractivity contribution is 0.106. The number of para-hydroxylation sites is 1. The van der Waals surface area contributed by atoms with E-state index in [1.165, 1.54) is 12.1 Å². The zero-order valence-electron chi connectivity index (χ0n) is 14.3. The molecule has 0 spiro atoms. The molecule has 132 valence electrons. The number of aryl methyl sites for hydroxylation is 1. The minimum atomic E-state index is -4.35. The van der Waals surface area contributed by atoms with E-state index in [0.717, 1.165) is 12.0 Å². The fraction of sp³-hybridized carbons (Fsp3) is 0.0952. The highest BCUT2D eigenvalue weighted by atomic mass is 31.2. The summed E-state index contributed by atoms with van der Waals surface area (Å²) in [5.74, 6) is -0.0142. The molecule has 1 atom stereocenters. The van der Waals surface area contributed by atoms with Gasteiger partial charge in [0, 0.05) is 11.1 Å². The Kier molecular flexibility index (Phi) is 5.08. The summed E-state index contributed by atoms with van der Waals surface area (Å²) in [4.78, 5) is 23.5. The molecular formula is C21H19O4P. The topological polar surface area (TPSA) is 74.6 Å². The van der Waals surface area contributed by atoms with E-state index in [1.54, 1.807) is 60.7 Å². The van der Waals surface area contributed by atoms with Crippen LogP contribution in [-0.4, -0.2) is 15.5 Å². The lowest BCUT2D eigenvalue weighted by Crippen LogP contribution is -2.15. The van der Waals surface area contributed by atoms with Crippen LogP contribution in [0.1, 0.15) is 22.8 Å². The van der Waals surface area contributed by atoms with Gasteiger partial charge in [0.05, 0.1) is 5.30 Å². The molecular weight excluding hydrogens is 347 g/mol. The molecule has 2 N–H and O–H groups in total. The van der Waals surface area contributed by atoms with Crippen molar-refractivity contribution in [1.82, 2.24) is 0 Å². The summed E-state index contributed by atoms with van der Waals surface area (Å²) in [5, 5.41) is 10.1. The minimum Gasteiger partial charge on any atom is -0.507 e. The van der Waals surface area contributed by atoms with E-state index in [2.05, 4.69) is 0 Å². The first-order valence-electron chi connectivity index (χ1n) is 8.29. The van der Waals surface area contributed by atoms with Gasteiger partial charge in [-0.05, 0) is 29.7 Å². The molecule has 3 aromatic carbocycles. The highest BCUT2D eigenvalue weighted by Crippen LogP contribution is 2.46. The van der Waals surface area contributed by atoms with Crippen LogP contribution in [0.5, 0.6) is 5.75 Å². The molecule has 5 heteroatoms. The Hall–Kier alpha value is -2.68. The van der Waals surface area contributed by atoms with Crippen molar-refractivity contribution in [2.45, 2.75) is 13.3 Å². The third-order valence-corrected chi connectivity index (χ3v) is 6.16. The number of carbonyl (C=O) groups is 1. The van der Waals surface area contributed by atoms with Crippen LogP contribution in [0.3, 0.4) is 0 Å². The van der Waals surface area contributed by atoms with E-state index in [4.69, 9.17) is 0 Å². The van der Waals surface area contributed by atoms with E-state index in [-0.39, 0.29) is 16.6 Å². The fourth-order valence-corrected chi connectivity index (χ4v) is 4.36. The maximum Gasteiger partial charge on any atom is 0.298 e. The maximum absolute atomic E-state index is 13.1. The van der Waals surface area contributed by atoms with Gasteiger partial charge in [-0.25, -0.2) is 0 Å². The second kappa shape index (κ2) is 7.28. The van der Waals surface area contributed by atoms with Gasteiger partial charge >= 0.3 is 0 Å². The van der Waals surface area contributed by atoms with Crippen LogP contribution < -0.4 is 5.30 Å². The molecule has 26 heavy (non-hydrogen) atoms. The summed E-state index contributed by atoms with van der Waals surface area (Å²) >= 11 is 0. The average Bonchev–Trinajstić information content (AvgIpc) is 2.68. The van der Waals surface area contributed by atoms with E-state index in [0.29, 0.717) is 11.1 Å². The van der Waals surface area contributed by atoms with Gasteiger partial charge in [0.1, 0.15) is 5.75 Å². The Balaban J connectivity index is 2.09. The van der Waals surface area contributed by atoms with Crippen molar-refractivity contribution in [3.63, 3.8) is 0 Å². The normalized spacial score (nSPS) is 13.2. The number of rotatable bonds is 5. The summed E-state index contributed by atoms with van der Waals surface area (Å²) in [6.07, 6.45) is 0.821. The average molecular weight is 366 g/mol. The molecule has 0 amide bonds. The summed E-state index contributed by atoms with van der Waals surface area (Å²) in [7, 11) is -4.35. The van der Waals surface area contributed by atoms with Crippen LogP contribution in [-0.2, 0) is 11.0 Å². The summed E-state index contributed by atoms with van der Waals surface area (Å²) < 4.78 is 13.1. The Bertz CT molecular complexity index is 993. The SMILES string of the molecule is CCc1ccc(C(=O)P(=O)(O)c2ccccc2-c2ccccc2O)cc1. The largest absolute Gasteiger partial charge is 0.507 e. The van der Waals surface area contributed by atoms with Crippen molar-refractivity contribution in [2.75, 3.05) is 0 Å². The third-order valence-electron chi connectivity index (χ3n) is 4.31.